The van der Waals surface area contributed by atoms with E-state index >= 15 is 0 Å². The maximum absolute atomic E-state index is 12.9. The first-order valence-corrected chi connectivity index (χ1v) is 9.86. The number of nitrogens with one attached hydrogen (secondary N) is 1. The molecule has 2 unspecified atom stereocenters. The smallest absolute Gasteiger partial charge is 0.326 e. The summed E-state index contributed by atoms with van der Waals surface area (Å²) in [7, 11) is 0. The van der Waals surface area contributed by atoms with Gasteiger partial charge in [0.15, 0.2) is 0 Å². The van der Waals surface area contributed by atoms with Crippen molar-refractivity contribution in [2.45, 2.75) is 64.4 Å². The Labute approximate surface area is 170 Å². The third-order valence-corrected chi connectivity index (χ3v) is 4.99. The van der Waals surface area contributed by atoms with Gasteiger partial charge >= 0.3 is 11.9 Å². The van der Waals surface area contributed by atoms with E-state index in [9.17, 15) is 24.6 Å². The molecule has 1 fully saturated rings. The molecule has 0 aliphatic carbocycles. The number of likely N-dealkylation sites (tertiary alicyclic amines) is 1. The van der Waals surface area contributed by atoms with Crippen molar-refractivity contribution in [2.24, 2.45) is 5.92 Å². The zero-order chi connectivity index (χ0) is 21.6. The number of benzene rings is 1. The van der Waals surface area contributed by atoms with Crippen LogP contribution >= 0.6 is 0 Å². The number of carbonyl (C=O) groups excluding carboxylic acids is 1. The molecular formula is C21H30N2O6. The van der Waals surface area contributed by atoms with E-state index in [1.165, 1.54) is 4.90 Å². The molecule has 3 N–H and O–H groups in total. The highest BCUT2D eigenvalue weighted by atomic mass is 16.5. The van der Waals surface area contributed by atoms with Crippen LogP contribution in [0.2, 0.25) is 0 Å². The number of aliphatic carboxylic acids is 2. The second-order valence-corrected chi connectivity index (χ2v) is 7.91. The highest BCUT2D eigenvalue weighted by molar-refractivity contribution is 5.88. The molecule has 1 aromatic carbocycles. The van der Waals surface area contributed by atoms with Crippen LogP contribution in [0.3, 0.4) is 0 Å². The Morgan fingerprint density at radius 2 is 1.83 bits per heavy atom. The van der Waals surface area contributed by atoms with E-state index in [1.807, 2.05) is 44.2 Å². The topological polar surface area (TPSA) is 116 Å². The first-order chi connectivity index (χ1) is 13.7. The number of nitrogens with zero attached hydrogens (tertiary/aromatic N) is 1. The molecule has 8 heteroatoms. The average molecular weight is 406 g/mol. The van der Waals surface area contributed by atoms with Gasteiger partial charge in [0.25, 0.3) is 0 Å². The number of hydrogen-bond acceptors (Lipinski definition) is 5. The fourth-order valence-corrected chi connectivity index (χ4v) is 3.52. The molecule has 0 radical (unpaired) electrons. The van der Waals surface area contributed by atoms with Crippen molar-refractivity contribution in [3.63, 3.8) is 0 Å². The summed E-state index contributed by atoms with van der Waals surface area (Å²) in [6.45, 7) is 5.87. The molecule has 4 atom stereocenters. The summed E-state index contributed by atoms with van der Waals surface area (Å²) in [5.74, 6) is -2.41. The van der Waals surface area contributed by atoms with Crippen molar-refractivity contribution >= 4 is 17.8 Å². The molecule has 0 spiro atoms. The van der Waals surface area contributed by atoms with Gasteiger partial charge in [-0.25, -0.2) is 4.79 Å². The van der Waals surface area contributed by atoms with Gasteiger partial charge in [0.05, 0.1) is 18.8 Å². The lowest BCUT2D eigenvalue weighted by atomic mass is 10.0. The average Bonchev–Trinajstić information content (AvgIpc) is 3.10. The van der Waals surface area contributed by atoms with E-state index in [0.717, 1.165) is 5.56 Å². The largest absolute Gasteiger partial charge is 0.480 e. The van der Waals surface area contributed by atoms with Gasteiger partial charge in [-0.3, -0.25) is 14.9 Å². The van der Waals surface area contributed by atoms with Crippen LogP contribution in [-0.4, -0.2) is 63.7 Å². The van der Waals surface area contributed by atoms with Crippen LogP contribution in [-0.2, 0) is 25.7 Å². The summed E-state index contributed by atoms with van der Waals surface area (Å²) in [4.78, 5) is 37.3. The highest BCUT2D eigenvalue weighted by Crippen LogP contribution is 2.23. The van der Waals surface area contributed by atoms with Crippen LogP contribution in [0.5, 0.6) is 0 Å². The Morgan fingerprint density at radius 3 is 2.38 bits per heavy atom. The molecule has 1 aliphatic rings. The van der Waals surface area contributed by atoms with Crippen LogP contribution in [0.4, 0.5) is 0 Å². The van der Waals surface area contributed by atoms with Crippen molar-refractivity contribution in [3.8, 4) is 0 Å². The third kappa shape index (κ3) is 6.54. The molecule has 0 saturated carbocycles. The Morgan fingerprint density at radius 1 is 1.17 bits per heavy atom. The van der Waals surface area contributed by atoms with Crippen molar-refractivity contribution in [2.75, 3.05) is 6.54 Å². The Kier molecular flexibility index (Phi) is 8.16. The minimum atomic E-state index is -1.09. The summed E-state index contributed by atoms with van der Waals surface area (Å²) < 4.78 is 5.83. The predicted octanol–water partition coefficient (Wildman–Crippen LogP) is 1.73. The van der Waals surface area contributed by atoms with Gasteiger partial charge in [-0.1, -0.05) is 44.2 Å². The lowest BCUT2D eigenvalue weighted by Crippen LogP contribution is -2.53. The molecule has 1 saturated heterocycles. The van der Waals surface area contributed by atoms with Gasteiger partial charge in [0.1, 0.15) is 12.1 Å². The Bertz CT molecular complexity index is 708. The summed E-state index contributed by atoms with van der Waals surface area (Å²) in [6, 6.07) is 6.85. The molecule has 0 aromatic heterocycles. The monoisotopic (exact) mass is 406 g/mol. The molecule has 0 bridgehead atoms. The van der Waals surface area contributed by atoms with Crippen LogP contribution in [0.1, 0.15) is 39.2 Å². The standard InChI is InChI=1S/C21H30N2O6/c1-13(2)9-17(20(25)26)22-14(3)19(24)23-11-16(10-18(23)21(27)28)29-12-15-7-5-4-6-8-15/h4-8,13-14,16-18,22H,9-12H2,1-3H3,(H,25,26)(H,27,28)/t14-,16?,17?,18-/m0/s1. The van der Waals surface area contributed by atoms with Gasteiger partial charge < -0.3 is 19.8 Å². The van der Waals surface area contributed by atoms with Gasteiger partial charge in [-0.15, -0.1) is 0 Å². The van der Waals surface area contributed by atoms with Gasteiger partial charge in [0, 0.05) is 13.0 Å². The first kappa shape index (κ1) is 22.8. The maximum Gasteiger partial charge on any atom is 0.326 e. The fraction of sp³-hybridized carbons (Fsp3) is 0.571. The zero-order valence-corrected chi connectivity index (χ0v) is 17.1. The minimum absolute atomic E-state index is 0.139. The van der Waals surface area contributed by atoms with Crippen molar-refractivity contribution in [3.05, 3.63) is 35.9 Å². The molecule has 160 valence electrons. The van der Waals surface area contributed by atoms with Crippen molar-refractivity contribution in [1.82, 2.24) is 10.2 Å². The van der Waals surface area contributed by atoms with E-state index < -0.39 is 42.1 Å². The molecule has 8 nitrogen and oxygen atoms in total. The van der Waals surface area contributed by atoms with Crippen LogP contribution in [0.15, 0.2) is 30.3 Å². The molecule has 1 aromatic rings. The van der Waals surface area contributed by atoms with E-state index in [4.69, 9.17) is 4.74 Å². The number of amides is 1. The molecule has 1 amide bonds. The quantitative estimate of drug-likeness (QED) is 0.542. The third-order valence-electron chi connectivity index (χ3n) is 4.99. The molecule has 1 heterocycles. The van der Waals surface area contributed by atoms with E-state index in [-0.39, 0.29) is 18.9 Å². The van der Waals surface area contributed by atoms with Crippen molar-refractivity contribution in [1.29, 1.82) is 0 Å². The Balaban J connectivity index is 2.00. The van der Waals surface area contributed by atoms with Gasteiger partial charge in [0.2, 0.25) is 5.91 Å². The highest BCUT2D eigenvalue weighted by Gasteiger charge is 2.42. The summed E-state index contributed by atoms with van der Waals surface area (Å²) in [6.07, 6.45) is 0.186. The maximum atomic E-state index is 12.9. The number of rotatable bonds is 10. The molecule has 29 heavy (non-hydrogen) atoms. The molecular weight excluding hydrogens is 376 g/mol. The van der Waals surface area contributed by atoms with Crippen LogP contribution < -0.4 is 5.32 Å². The predicted molar refractivity (Wildman–Crippen MR) is 106 cm³/mol. The normalized spacial score (nSPS) is 21.2. The van der Waals surface area contributed by atoms with Crippen LogP contribution in [0, 0.1) is 5.92 Å². The number of carbonyl (C=O) groups is 3. The molecule has 2 rings (SSSR count). The van der Waals surface area contributed by atoms with E-state index in [2.05, 4.69) is 5.32 Å². The lowest BCUT2D eigenvalue weighted by molar-refractivity contribution is -0.149. The Hall–Kier alpha value is -2.45. The second-order valence-electron chi connectivity index (χ2n) is 7.91. The first-order valence-electron chi connectivity index (χ1n) is 9.86. The van der Waals surface area contributed by atoms with E-state index in [1.54, 1.807) is 6.92 Å². The van der Waals surface area contributed by atoms with Crippen LogP contribution in [0.25, 0.3) is 0 Å². The van der Waals surface area contributed by atoms with Crippen molar-refractivity contribution < 1.29 is 29.3 Å². The summed E-state index contributed by atoms with van der Waals surface area (Å²) in [5.41, 5.74) is 0.970. The lowest BCUT2D eigenvalue weighted by Gasteiger charge is -2.27. The SMILES string of the molecule is CC(C)CC(N[C@@H](C)C(=O)N1CC(OCc2ccccc2)C[C@H]1C(=O)O)C(=O)O. The number of carboxylic acids is 2. The number of hydrogen-bond donors (Lipinski definition) is 3. The number of carboxylic acid groups (broad SMARTS) is 2. The fourth-order valence-electron chi connectivity index (χ4n) is 3.52. The van der Waals surface area contributed by atoms with E-state index in [0.29, 0.717) is 13.0 Å². The molecule has 1 aliphatic heterocycles. The minimum Gasteiger partial charge on any atom is -0.480 e. The number of ether oxygens (including phenoxy) is 1. The van der Waals surface area contributed by atoms with Gasteiger partial charge in [-0.2, -0.15) is 0 Å². The second kappa shape index (κ2) is 10.4. The zero-order valence-electron chi connectivity index (χ0n) is 17.1. The summed E-state index contributed by atoms with van der Waals surface area (Å²) >= 11 is 0. The van der Waals surface area contributed by atoms with Gasteiger partial charge in [-0.05, 0) is 24.8 Å². The summed E-state index contributed by atoms with van der Waals surface area (Å²) in [5, 5.41) is 21.8.